The van der Waals surface area contributed by atoms with Gasteiger partial charge in [0.25, 0.3) is 0 Å². The van der Waals surface area contributed by atoms with Crippen LogP contribution in [0.2, 0.25) is 19.6 Å². The Bertz CT molecular complexity index is 1200. The zero-order valence-corrected chi connectivity index (χ0v) is 21.1. The molecule has 1 unspecified atom stereocenters. The summed E-state index contributed by atoms with van der Waals surface area (Å²) < 4.78 is 16.9. The number of nitrogens with zero attached hydrogens (tertiary/aromatic N) is 1. The van der Waals surface area contributed by atoms with Crippen molar-refractivity contribution in [3.8, 4) is 11.5 Å². The molecule has 0 bridgehead atoms. The van der Waals surface area contributed by atoms with Gasteiger partial charge in [-0.3, -0.25) is 4.79 Å². The predicted octanol–water partition coefficient (Wildman–Crippen LogP) is 4.47. The van der Waals surface area contributed by atoms with Gasteiger partial charge in [-0.2, -0.15) is 0 Å². The smallest absolute Gasteiger partial charge is 0.226 e. The lowest BCUT2D eigenvalue weighted by atomic mass is 10.1. The first kappa shape index (κ1) is 24.2. The summed E-state index contributed by atoms with van der Waals surface area (Å²) in [6.07, 6.45) is 1.12. The van der Waals surface area contributed by atoms with Crippen LogP contribution in [-0.2, 0) is 33.9 Å². The fourth-order valence-electron chi connectivity index (χ4n) is 3.78. The van der Waals surface area contributed by atoms with E-state index in [9.17, 15) is 4.79 Å². The predicted molar refractivity (Wildman–Crippen MR) is 135 cm³/mol. The first-order valence-corrected chi connectivity index (χ1v) is 15.3. The Kier molecular flexibility index (Phi) is 7.83. The Hall–Kier alpha value is -2.92. The van der Waals surface area contributed by atoms with Crippen LogP contribution >= 0.6 is 0 Å². The van der Waals surface area contributed by atoms with Crippen molar-refractivity contribution in [1.29, 1.82) is 0 Å². The van der Waals surface area contributed by atoms with Crippen molar-refractivity contribution in [1.82, 2.24) is 10.5 Å². The summed E-state index contributed by atoms with van der Waals surface area (Å²) in [6, 6.07) is 14.6. The van der Waals surface area contributed by atoms with Crippen LogP contribution in [0.25, 0.3) is 10.8 Å². The molecular weight excluding hydrogens is 444 g/mol. The monoisotopic (exact) mass is 476 g/mol. The Morgan fingerprint density at radius 1 is 1.18 bits per heavy atom. The molecule has 0 saturated carbocycles. The van der Waals surface area contributed by atoms with Gasteiger partial charge in [0.15, 0.2) is 5.76 Å². The fourth-order valence-corrected chi connectivity index (χ4v) is 4.28. The highest BCUT2D eigenvalue weighted by Gasteiger charge is 2.20. The lowest BCUT2D eigenvalue weighted by molar-refractivity contribution is -0.120. The van der Waals surface area contributed by atoms with Gasteiger partial charge >= 0.3 is 0 Å². The number of carbonyl (C=O) groups is 1. The van der Waals surface area contributed by atoms with Crippen molar-refractivity contribution in [2.24, 2.45) is 5.92 Å². The number of hydrogen-bond acceptors (Lipinski definition) is 5. The number of benzene rings is 2. The van der Waals surface area contributed by atoms with E-state index in [2.05, 4.69) is 71.9 Å². The number of hydrogen-bond donors (Lipinski definition) is 1. The van der Waals surface area contributed by atoms with Gasteiger partial charge < -0.3 is 19.3 Å². The van der Waals surface area contributed by atoms with Gasteiger partial charge in [0, 0.05) is 19.1 Å². The lowest BCUT2D eigenvalue weighted by Crippen LogP contribution is -2.31. The van der Waals surface area contributed by atoms with E-state index in [4.69, 9.17) is 14.0 Å². The number of amides is 1. The maximum atomic E-state index is 12.5. The number of nitrogens with one attached hydrogen (secondary N) is 1. The third-order valence-corrected chi connectivity index (χ3v) is 6.53. The molecule has 7 heteroatoms. The fraction of sp³-hybridized carbons (Fsp3) is 0.407. The standard InChI is InChI=1S/C27H32N2O4Si/c1-34(2,3)13-11-24-25(15-27(30)28-16-21-10-12-31-18-21)29-33-26(24)19-32-17-20-8-9-22-6-4-5-7-23(22)14-20/h4-9,14,21H,10,12,15-19H2,1-3H3,(H,28,30). The molecule has 1 amide bonds. The second-order valence-corrected chi connectivity index (χ2v) is 14.6. The van der Waals surface area contributed by atoms with Gasteiger partial charge in [0.05, 0.1) is 25.2 Å². The molecule has 1 fully saturated rings. The second kappa shape index (κ2) is 11.0. The van der Waals surface area contributed by atoms with E-state index in [0.717, 1.165) is 18.6 Å². The summed E-state index contributed by atoms with van der Waals surface area (Å²) >= 11 is 0. The van der Waals surface area contributed by atoms with E-state index in [0.29, 0.717) is 42.7 Å². The summed E-state index contributed by atoms with van der Waals surface area (Å²) in [7, 11) is -1.63. The van der Waals surface area contributed by atoms with E-state index in [1.165, 1.54) is 10.8 Å². The van der Waals surface area contributed by atoms with Crippen LogP contribution in [0.4, 0.5) is 0 Å². The zero-order valence-electron chi connectivity index (χ0n) is 20.1. The average molecular weight is 477 g/mol. The summed E-state index contributed by atoms with van der Waals surface area (Å²) in [5.41, 5.74) is 5.70. The van der Waals surface area contributed by atoms with Crippen LogP contribution in [0.5, 0.6) is 0 Å². The van der Waals surface area contributed by atoms with Crippen molar-refractivity contribution in [2.45, 2.75) is 45.7 Å². The van der Waals surface area contributed by atoms with Crippen molar-refractivity contribution in [2.75, 3.05) is 19.8 Å². The first-order valence-electron chi connectivity index (χ1n) is 11.8. The zero-order chi connectivity index (χ0) is 24.0. The summed E-state index contributed by atoms with van der Waals surface area (Å²) in [4.78, 5) is 12.5. The molecule has 3 aromatic rings. The summed E-state index contributed by atoms with van der Waals surface area (Å²) in [5.74, 6) is 4.12. The molecule has 1 N–H and O–H groups in total. The highest BCUT2D eigenvalue weighted by Crippen LogP contribution is 2.19. The Morgan fingerprint density at radius 3 is 2.76 bits per heavy atom. The van der Waals surface area contributed by atoms with Crippen molar-refractivity contribution >= 4 is 24.8 Å². The summed E-state index contributed by atoms with van der Waals surface area (Å²) in [5, 5.41) is 9.55. The van der Waals surface area contributed by atoms with Gasteiger partial charge in [-0.15, -0.1) is 5.54 Å². The molecule has 0 spiro atoms. The SMILES string of the molecule is C[Si](C)(C)C#Cc1c(CC(=O)NCC2CCOC2)noc1COCc1ccc2ccccc2c1. The molecule has 1 aliphatic rings. The van der Waals surface area contributed by atoms with Crippen LogP contribution in [0.15, 0.2) is 47.0 Å². The molecule has 0 aliphatic carbocycles. The topological polar surface area (TPSA) is 73.6 Å². The Labute approximate surface area is 202 Å². The molecule has 34 heavy (non-hydrogen) atoms. The minimum Gasteiger partial charge on any atom is -0.381 e. The molecule has 1 atom stereocenters. The van der Waals surface area contributed by atoms with Crippen LogP contribution < -0.4 is 5.32 Å². The minimum absolute atomic E-state index is 0.0834. The van der Waals surface area contributed by atoms with Gasteiger partial charge in [-0.1, -0.05) is 67.1 Å². The molecule has 1 saturated heterocycles. The van der Waals surface area contributed by atoms with Crippen LogP contribution in [0, 0.1) is 17.4 Å². The maximum Gasteiger partial charge on any atom is 0.226 e. The molecular formula is C27H32N2O4Si. The van der Waals surface area contributed by atoms with Crippen LogP contribution in [-0.4, -0.2) is 38.9 Å². The first-order chi connectivity index (χ1) is 16.4. The largest absolute Gasteiger partial charge is 0.381 e. The third kappa shape index (κ3) is 6.80. The van der Waals surface area contributed by atoms with E-state index in [-0.39, 0.29) is 18.9 Å². The Morgan fingerprint density at radius 2 is 2.00 bits per heavy atom. The van der Waals surface area contributed by atoms with Crippen molar-refractivity contribution in [3.63, 3.8) is 0 Å². The highest BCUT2D eigenvalue weighted by molar-refractivity contribution is 6.83. The number of aromatic nitrogens is 1. The van der Waals surface area contributed by atoms with Gasteiger partial charge in [-0.25, -0.2) is 0 Å². The maximum absolute atomic E-state index is 12.5. The Balaban J connectivity index is 1.42. The molecule has 2 aromatic carbocycles. The van der Waals surface area contributed by atoms with Crippen LogP contribution in [0.3, 0.4) is 0 Å². The van der Waals surface area contributed by atoms with Crippen molar-refractivity contribution < 1.29 is 18.8 Å². The molecule has 6 nitrogen and oxygen atoms in total. The number of rotatable bonds is 8. The number of carbonyl (C=O) groups excluding carboxylic acids is 1. The van der Waals surface area contributed by atoms with E-state index in [1.54, 1.807) is 0 Å². The second-order valence-electron chi connectivity index (χ2n) is 9.81. The lowest BCUT2D eigenvalue weighted by Gasteiger charge is -2.09. The summed E-state index contributed by atoms with van der Waals surface area (Å²) in [6.45, 7) is 9.33. The van der Waals surface area contributed by atoms with E-state index < -0.39 is 8.07 Å². The van der Waals surface area contributed by atoms with Gasteiger partial charge in [0.2, 0.25) is 5.91 Å². The quantitative estimate of drug-likeness (QED) is 0.384. The molecule has 2 heterocycles. The normalized spacial score (nSPS) is 15.8. The molecule has 178 valence electrons. The number of ether oxygens (including phenoxy) is 2. The average Bonchev–Trinajstić information content (AvgIpc) is 3.46. The highest BCUT2D eigenvalue weighted by atomic mass is 28.3. The van der Waals surface area contributed by atoms with E-state index in [1.807, 2.05) is 12.1 Å². The molecule has 1 aliphatic heterocycles. The van der Waals surface area contributed by atoms with E-state index >= 15 is 0 Å². The molecule has 1 aromatic heterocycles. The van der Waals surface area contributed by atoms with Gasteiger partial charge in [0.1, 0.15) is 20.4 Å². The van der Waals surface area contributed by atoms with Crippen LogP contribution in [0.1, 0.15) is 29.0 Å². The molecule has 0 radical (unpaired) electrons. The minimum atomic E-state index is -1.63. The molecule has 4 rings (SSSR count). The van der Waals surface area contributed by atoms with Gasteiger partial charge in [-0.05, 0) is 28.8 Å². The number of fused-ring (bicyclic) bond motifs is 1. The third-order valence-electron chi connectivity index (χ3n) is 5.65. The van der Waals surface area contributed by atoms with Crippen molar-refractivity contribution in [3.05, 3.63) is 65.0 Å².